The van der Waals surface area contributed by atoms with Gasteiger partial charge in [-0.25, -0.2) is 0 Å². The summed E-state index contributed by atoms with van der Waals surface area (Å²) in [6.07, 6.45) is 1.38. The monoisotopic (exact) mass is 320 g/mol. The van der Waals surface area contributed by atoms with Crippen LogP contribution in [0.4, 0.5) is 0 Å². The second-order valence-corrected chi connectivity index (χ2v) is 7.26. The van der Waals surface area contributed by atoms with Crippen LogP contribution in [0.5, 0.6) is 0 Å². The van der Waals surface area contributed by atoms with E-state index in [1.807, 2.05) is 24.3 Å². The standard InChI is InChI=1S/C16H17ClN2OS/c1-16(2)7-11-13(12(20)8-16)14(19-15(21)18-11)9-4-3-5-10(17)6-9/h3-6,14H,7-8H2,1-2H3,(H2,18,19,21)/t14-/m1/s1. The van der Waals surface area contributed by atoms with Crippen molar-refractivity contribution in [1.82, 2.24) is 10.6 Å². The Kier molecular flexibility index (Phi) is 3.54. The molecule has 0 fully saturated rings. The zero-order valence-corrected chi connectivity index (χ0v) is 13.6. The Morgan fingerprint density at radius 3 is 2.81 bits per heavy atom. The maximum atomic E-state index is 12.6. The summed E-state index contributed by atoms with van der Waals surface area (Å²) in [6, 6.07) is 7.35. The third-order valence-electron chi connectivity index (χ3n) is 3.93. The number of carbonyl (C=O) groups excluding carboxylic acids is 1. The zero-order valence-electron chi connectivity index (χ0n) is 12.0. The van der Waals surface area contributed by atoms with Crippen LogP contribution in [0.15, 0.2) is 35.5 Å². The van der Waals surface area contributed by atoms with E-state index in [0.717, 1.165) is 23.3 Å². The number of ketones is 1. The normalized spacial score (nSPS) is 24.2. The minimum atomic E-state index is -0.212. The van der Waals surface area contributed by atoms with Crippen molar-refractivity contribution >= 4 is 34.7 Å². The van der Waals surface area contributed by atoms with E-state index in [-0.39, 0.29) is 17.2 Å². The Bertz CT molecular complexity index is 666. The van der Waals surface area contributed by atoms with Crippen LogP contribution in [-0.2, 0) is 4.79 Å². The maximum absolute atomic E-state index is 12.6. The Morgan fingerprint density at radius 2 is 2.10 bits per heavy atom. The van der Waals surface area contributed by atoms with Crippen molar-refractivity contribution in [3.63, 3.8) is 0 Å². The first kappa shape index (κ1) is 14.5. The highest BCUT2D eigenvalue weighted by Crippen LogP contribution is 2.41. The Labute approximate surface area is 134 Å². The average Bonchev–Trinajstić information content (AvgIpc) is 2.35. The average molecular weight is 321 g/mol. The number of hydrogen-bond acceptors (Lipinski definition) is 2. The van der Waals surface area contributed by atoms with E-state index >= 15 is 0 Å². The van der Waals surface area contributed by atoms with Gasteiger partial charge in [0, 0.05) is 22.7 Å². The third-order valence-corrected chi connectivity index (χ3v) is 4.39. The fraction of sp³-hybridized carbons (Fsp3) is 0.375. The summed E-state index contributed by atoms with van der Waals surface area (Å²) in [7, 11) is 0. The van der Waals surface area contributed by atoms with Crippen molar-refractivity contribution in [3.8, 4) is 0 Å². The van der Waals surface area contributed by atoms with Gasteiger partial charge in [0.15, 0.2) is 10.9 Å². The number of nitrogens with one attached hydrogen (secondary N) is 2. The lowest BCUT2D eigenvalue weighted by atomic mass is 9.73. The van der Waals surface area contributed by atoms with E-state index in [4.69, 9.17) is 23.8 Å². The van der Waals surface area contributed by atoms with E-state index < -0.39 is 0 Å². The van der Waals surface area contributed by atoms with Gasteiger partial charge in [-0.15, -0.1) is 0 Å². The summed E-state index contributed by atoms with van der Waals surface area (Å²) in [6.45, 7) is 4.21. The molecule has 3 rings (SSSR count). The highest BCUT2D eigenvalue weighted by atomic mass is 35.5. The molecule has 0 saturated carbocycles. The molecule has 0 radical (unpaired) electrons. The number of rotatable bonds is 1. The number of benzene rings is 1. The van der Waals surface area contributed by atoms with Crippen LogP contribution in [0, 0.1) is 5.41 Å². The van der Waals surface area contributed by atoms with Crippen LogP contribution < -0.4 is 10.6 Å². The minimum absolute atomic E-state index is 0.0330. The molecule has 0 unspecified atom stereocenters. The molecule has 1 aliphatic heterocycles. The molecule has 1 aromatic rings. The van der Waals surface area contributed by atoms with Crippen molar-refractivity contribution in [1.29, 1.82) is 0 Å². The number of carbonyl (C=O) groups is 1. The van der Waals surface area contributed by atoms with E-state index in [1.165, 1.54) is 0 Å². The molecule has 0 saturated heterocycles. The zero-order chi connectivity index (χ0) is 15.2. The molecule has 21 heavy (non-hydrogen) atoms. The van der Waals surface area contributed by atoms with E-state index in [9.17, 15) is 4.79 Å². The van der Waals surface area contributed by atoms with E-state index in [2.05, 4.69) is 24.5 Å². The molecule has 5 heteroatoms. The second-order valence-electron chi connectivity index (χ2n) is 6.42. The molecular weight excluding hydrogens is 304 g/mol. The third kappa shape index (κ3) is 2.83. The smallest absolute Gasteiger partial charge is 0.171 e. The van der Waals surface area contributed by atoms with E-state index in [1.54, 1.807) is 0 Å². The van der Waals surface area contributed by atoms with Gasteiger partial charge in [-0.1, -0.05) is 37.6 Å². The first-order valence-corrected chi connectivity index (χ1v) is 7.74. The summed E-state index contributed by atoms with van der Waals surface area (Å²) in [5.74, 6) is 0.175. The largest absolute Gasteiger partial charge is 0.351 e. The van der Waals surface area contributed by atoms with Crippen molar-refractivity contribution < 1.29 is 4.79 Å². The van der Waals surface area contributed by atoms with Crippen molar-refractivity contribution in [3.05, 3.63) is 46.1 Å². The van der Waals surface area contributed by atoms with E-state index in [0.29, 0.717) is 16.6 Å². The van der Waals surface area contributed by atoms with Crippen LogP contribution in [0.3, 0.4) is 0 Å². The molecule has 1 atom stereocenters. The summed E-state index contributed by atoms with van der Waals surface area (Å²) in [5.41, 5.74) is 2.68. The lowest BCUT2D eigenvalue weighted by molar-refractivity contribution is -0.118. The molecule has 0 aromatic heterocycles. The van der Waals surface area contributed by atoms with Gasteiger partial charge in [-0.2, -0.15) is 0 Å². The van der Waals surface area contributed by atoms with Crippen LogP contribution in [0.1, 0.15) is 38.3 Å². The minimum Gasteiger partial charge on any atom is -0.351 e. The van der Waals surface area contributed by atoms with Crippen LogP contribution >= 0.6 is 23.8 Å². The van der Waals surface area contributed by atoms with Gasteiger partial charge in [0.1, 0.15) is 0 Å². The summed E-state index contributed by atoms with van der Waals surface area (Å²) >= 11 is 11.4. The summed E-state index contributed by atoms with van der Waals surface area (Å²) in [4.78, 5) is 12.6. The predicted octanol–water partition coefficient (Wildman–Crippen LogP) is 3.50. The quantitative estimate of drug-likeness (QED) is 0.777. The van der Waals surface area contributed by atoms with Gasteiger partial charge in [0.2, 0.25) is 0 Å². The topological polar surface area (TPSA) is 41.1 Å². The fourth-order valence-corrected chi connectivity index (χ4v) is 3.53. The maximum Gasteiger partial charge on any atom is 0.171 e. The number of hydrogen-bond donors (Lipinski definition) is 2. The van der Waals surface area contributed by atoms with Crippen molar-refractivity contribution in [2.75, 3.05) is 0 Å². The molecule has 1 aromatic carbocycles. The van der Waals surface area contributed by atoms with Gasteiger partial charge < -0.3 is 10.6 Å². The number of thiocarbonyl (C=S) groups is 1. The second kappa shape index (κ2) is 5.11. The molecule has 0 bridgehead atoms. The molecule has 0 spiro atoms. The summed E-state index contributed by atoms with van der Waals surface area (Å²) in [5, 5.41) is 7.58. The number of allylic oxidation sites excluding steroid dienone is 1. The van der Waals surface area contributed by atoms with Crippen molar-refractivity contribution in [2.45, 2.75) is 32.7 Å². The molecule has 110 valence electrons. The fourth-order valence-electron chi connectivity index (χ4n) is 3.09. The first-order valence-electron chi connectivity index (χ1n) is 6.95. The van der Waals surface area contributed by atoms with Crippen molar-refractivity contribution in [2.24, 2.45) is 5.41 Å². The highest BCUT2D eigenvalue weighted by molar-refractivity contribution is 7.80. The lowest BCUT2D eigenvalue weighted by Crippen LogP contribution is -2.48. The molecule has 0 amide bonds. The lowest BCUT2D eigenvalue weighted by Gasteiger charge is -2.39. The van der Waals surface area contributed by atoms with Crippen LogP contribution in [0.25, 0.3) is 0 Å². The van der Waals surface area contributed by atoms with Gasteiger partial charge in [-0.05, 0) is 41.7 Å². The Balaban J connectivity index is 2.08. The number of Topliss-reactive ketones (excluding diaryl/α,β-unsaturated/α-hetero) is 1. The first-order chi connectivity index (χ1) is 9.85. The Hall–Kier alpha value is -1.39. The molecule has 3 nitrogen and oxygen atoms in total. The number of halogens is 1. The molecule has 1 heterocycles. The molecule has 1 aliphatic carbocycles. The van der Waals surface area contributed by atoms with Gasteiger partial charge in [-0.3, -0.25) is 4.79 Å². The molecule has 2 aliphatic rings. The molecular formula is C16H17ClN2OS. The molecule has 2 N–H and O–H groups in total. The Morgan fingerprint density at radius 1 is 1.33 bits per heavy atom. The summed E-state index contributed by atoms with van der Waals surface area (Å²) < 4.78 is 0. The highest BCUT2D eigenvalue weighted by Gasteiger charge is 2.39. The SMILES string of the molecule is CC1(C)CC(=O)C2=C(C1)NC(=S)N[C@@H]2c1cccc(Cl)c1. The van der Waals surface area contributed by atoms with Gasteiger partial charge >= 0.3 is 0 Å². The predicted molar refractivity (Wildman–Crippen MR) is 88.1 cm³/mol. The van der Waals surface area contributed by atoms with Crippen LogP contribution in [0.2, 0.25) is 5.02 Å². The van der Waals surface area contributed by atoms with Gasteiger partial charge in [0.25, 0.3) is 0 Å². The van der Waals surface area contributed by atoms with Gasteiger partial charge in [0.05, 0.1) is 6.04 Å². The van der Waals surface area contributed by atoms with Crippen LogP contribution in [-0.4, -0.2) is 10.9 Å².